The predicted octanol–water partition coefficient (Wildman–Crippen LogP) is 4.73. The van der Waals surface area contributed by atoms with Crippen molar-refractivity contribution in [1.82, 2.24) is 4.31 Å². The number of halogens is 1. The molecule has 0 amide bonds. The van der Waals surface area contributed by atoms with E-state index in [-0.39, 0.29) is 16.0 Å². The van der Waals surface area contributed by atoms with Gasteiger partial charge in [-0.15, -0.1) is 5.16 Å². The van der Waals surface area contributed by atoms with Crippen LogP contribution >= 0.6 is 11.6 Å². The van der Waals surface area contributed by atoms with E-state index in [1.54, 1.807) is 12.1 Å². The quantitative estimate of drug-likeness (QED) is 0.296. The zero-order valence-electron chi connectivity index (χ0n) is 17.2. The number of sulfonamides is 1. The van der Waals surface area contributed by atoms with Crippen molar-refractivity contribution in [2.75, 3.05) is 6.61 Å². The van der Waals surface area contributed by atoms with Gasteiger partial charge in [-0.2, -0.15) is 4.31 Å². The average molecular weight is 447 g/mol. The molecule has 1 heterocycles. The van der Waals surface area contributed by atoms with Gasteiger partial charge in [0.15, 0.2) is 8.32 Å². The summed E-state index contributed by atoms with van der Waals surface area (Å²) in [5.41, 5.74) is 0. The van der Waals surface area contributed by atoms with Crippen LogP contribution in [0.5, 0.6) is 0 Å². The Morgan fingerprint density at radius 1 is 1.29 bits per heavy atom. The summed E-state index contributed by atoms with van der Waals surface area (Å²) >= 11 is 5.92. The number of hydrogen-bond acceptors (Lipinski definition) is 5. The van der Waals surface area contributed by atoms with Gasteiger partial charge in [-0.3, -0.25) is 0 Å². The monoisotopic (exact) mass is 446 g/mol. The Labute approximate surface area is 174 Å². The van der Waals surface area contributed by atoms with E-state index in [0.29, 0.717) is 24.5 Å². The van der Waals surface area contributed by atoms with Crippen molar-refractivity contribution < 1.29 is 18.1 Å². The maximum absolute atomic E-state index is 13.4. The third kappa shape index (κ3) is 5.16. The van der Waals surface area contributed by atoms with E-state index in [2.05, 4.69) is 39.0 Å². The number of oxime groups is 1. The highest BCUT2D eigenvalue weighted by molar-refractivity contribution is 7.89. The van der Waals surface area contributed by atoms with Gasteiger partial charge in [0.25, 0.3) is 0 Å². The van der Waals surface area contributed by atoms with Gasteiger partial charge >= 0.3 is 0 Å². The predicted molar refractivity (Wildman–Crippen MR) is 115 cm³/mol. The first-order chi connectivity index (χ1) is 12.9. The molecule has 0 radical (unpaired) electrons. The summed E-state index contributed by atoms with van der Waals surface area (Å²) in [6.07, 6.45) is 3.45. The van der Waals surface area contributed by atoms with E-state index in [4.69, 9.17) is 21.2 Å². The molecule has 1 aromatic carbocycles. The molecule has 2 rings (SSSR count). The first-order valence-corrected chi connectivity index (χ1v) is 14.2. The van der Waals surface area contributed by atoms with Crippen molar-refractivity contribution in [1.29, 1.82) is 0 Å². The lowest BCUT2D eigenvalue weighted by Gasteiger charge is -2.42. The van der Waals surface area contributed by atoms with Crippen LogP contribution in [0.4, 0.5) is 0 Å². The van der Waals surface area contributed by atoms with Crippen molar-refractivity contribution >= 4 is 36.2 Å². The van der Waals surface area contributed by atoms with Crippen molar-refractivity contribution in [3.05, 3.63) is 29.3 Å². The fourth-order valence-corrected chi connectivity index (χ4v) is 6.05. The molecule has 0 bridgehead atoms. The third-order valence-corrected chi connectivity index (χ3v) is 12.5. The van der Waals surface area contributed by atoms with Crippen LogP contribution in [-0.2, 0) is 14.4 Å². The first-order valence-electron chi connectivity index (χ1n) is 9.51. The van der Waals surface area contributed by atoms with Crippen molar-refractivity contribution in [3.8, 4) is 0 Å². The smallest absolute Gasteiger partial charge is 0.243 e. The molecule has 1 saturated heterocycles. The maximum atomic E-state index is 13.4. The molecule has 1 N–H and O–H groups in total. The van der Waals surface area contributed by atoms with Gasteiger partial charge in [-0.25, -0.2) is 8.42 Å². The summed E-state index contributed by atoms with van der Waals surface area (Å²) in [7, 11) is -5.82. The Morgan fingerprint density at radius 3 is 2.43 bits per heavy atom. The molecule has 1 aliphatic rings. The second kappa shape index (κ2) is 8.83. The van der Waals surface area contributed by atoms with Crippen molar-refractivity contribution in [2.24, 2.45) is 5.16 Å². The van der Waals surface area contributed by atoms with Crippen LogP contribution < -0.4 is 0 Å². The summed E-state index contributed by atoms with van der Waals surface area (Å²) in [4.78, 5) is 0.174. The third-order valence-electron chi connectivity index (χ3n) is 5.79. The van der Waals surface area contributed by atoms with Crippen molar-refractivity contribution in [3.63, 3.8) is 0 Å². The number of piperidine rings is 1. The number of hydrogen-bond donors (Lipinski definition) is 1. The zero-order chi connectivity index (χ0) is 21.2. The Bertz CT molecular complexity index is 791. The highest BCUT2D eigenvalue weighted by Gasteiger charge is 2.42. The summed E-state index contributed by atoms with van der Waals surface area (Å²) in [5.74, 6) is 0. The van der Waals surface area contributed by atoms with E-state index in [1.165, 1.54) is 22.7 Å². The summed E-state index contributed by atoms with van der Waals surface area (Å²) < 4.78 is 34.6. The van der Waals surface area contributed by atoms with Crippen LogP contribution in [0.1, 0.15) is 40.0 Å². The number of nitrogens with zero attached hydrogens (tertiary/aromatic N) is 2. The second-order valence-electron chi connectivity index (χ2n) is 8.78. The zero-order valence-corrected chi connectivity index (χ0v) is 19.8. The van der Waals surface area contributed by atoms with Crippen LogP contribution in [0.15, 0.2) is 34.3 Å². The average Bonchev–Trinajstić information content (AvgIpc) is 2.59. The van der Waals surface area contributed by atoms with E-state index in [9.17, 15) is 8.42 Å². The molecular formula is C19H31ClN2O4SSi. The topological polar surface area (TPSA) is 79.2 Å². The van der Waals surface area contributed by atoms with Crippen LogP contribution in [0.2, 0.25) is 23.2 Å². The summed E-state index contributed by atoms with van der Waals surface area (Å²) in [5, 5.41) is 12.7. The van der Waals surface area contributed by atoms with E-state index >= 15 is 0 Å². The van der Waals surface area contributed by atoms with Crippen LogP contribution in [0, 0.1) is 0 Å². The van der Waals surface area contributed by atoms with Gasteiger partial charge < -0.3 is 9.63 Å². The maximum Gasteiger partial charge on any atom is 0.243 e. The summed E-state index contributed by atoms with van der Waals surface area (Å²) in [6, 6.07) is 5.32. The minimum absolute atomic E-state index is 0.0352. The largest absolute Gasteiger partial charge is 0.415 e. The minimum atomic E-state index is -3.79. The molecule has 0 saturated carbocycles. The van der Waals surface area contributed by atoms with E-state index < -0.39 is 24.4 Å². The molecule has 0 spiro atoms. The van der Waals surface area contributed by atoms with Gasteiger partial charge in [0.05, 0.1) is 23.8 Å². The Morgan fingerprint density at radius 2 is 1.89 bits per heavy atom. The highest BCUT2D eigenvalue weighted by Crippen LogP contribution is 2.38. The molecule has 2 atom stereocenters. The van der Waals surface area contributed by atoms with Crippen LogP contribution in [0.25, 0.3) is 0 Å². The fourth-order valence-electron chi connectivity index (χ4n) is 3.09. The number of benzene rings is 1. The van der Waals surface area contributed by atoms with E-state index in [1.807, 2.05) is 0 Å². The van der Waals surface area contributed by atoms with Crippen LogP contribution in [-0.4, -0.2) is 51.2 Å². The lowest BCUT2D eigenvalue weighted by molar-refractivity contribution is 0.142. The Balaban J connectivity index is 2.36. The van der Waals surface area contributed by atoms with Gasteiger partial charge in [0.2, 0.25) is 10.0 Å². The molecule has 0 aliphatic carbocycles. The molecule has 2 unspecified atom stereocenters. The highest BCUT2D eigenvalue weighted by atomic mass is 35.5. The number of rotatable bonds is 6. The molecular weight excluding hydrogens is 416 g/mol. The van der Waals surface area contributed by atoms with Gasteiger partial charge in [0.1, 0.15) is 0 Å². The van der Waals surface area contributed by atoms with Crippen LogP contribution in [0.3, 0.4) is 0 Å². The molecule has 0 aromatic heterocycles. The molecule has 28 heavy (non-hydrogen) atoms. The standard InChI is InChI=1S/C19H31ClN2O4SSi/c1-19(2,3)28(4,5)26-14-17-8-6-7-16(13-21-23)22(17)27(24,25)18-11-9-15(20)10-12-18/h9-13,16-17,23H,6-8,14H2,1-5H3/b21-13+. The summed E-state index contributed by atoms with van der Waals surface area (Å²) in [6.45, 7) is 11.1. The van der Waals surface area contributed by atoms with Crippen molar-refractivity contribution in [2.45, 2.75) is 75.1 Å². The molecule has 1 fully saturated rings. The van der Waals surface area contributed by atoms with Gasteiger partial charge in [-0.05, 0) is 61.7 Å². The lowest BCUT2D eigenvalue weighted by Crippen LogP contribution is -2.54. The Hall–Kier alpha value is -0.933. The lowest BCUT2D eigenvalue weighted by atomic mass is 10.00. The molecule has 1 aliphatic heterocycles. The first kappa shape index (κ1) is 23.3. The van der Waals surface area contributed by atoms with Gasteiger partial charge in [-0.1, -0.05) is 32.4 Å². The second-order valence-corrected chi connectivity index (χ2v) is 15.9. The molecule has 6 nitrogen and oxygen atoms in total. The van der Waals surface area contributed by atoms with E-state index in [0.717, 1.165) is 6.42 Å². The SMILES string of the molecule is CC(C)(C)[Si](C)(C)OCC1CCCC(/C=N/O)N1S(=O)(=O)c1ccc(Cl)cc1. The van der Waals surface area contributed by atoms with Gasteiger partial charge in [0, 0.05) is 11.1 Å². The molecule has 1 aromatic rings. The molecule has 9 heteroatoms. The normalized spacial score (nSPS) is 22.6. The fraction of sp³-hybridized carbons (Fsp3) is 0.632. The minimum Gasteiger partial charge on any atom is -0.415 e. The molecule has 158 valence electrons. The Kier molecular flexibility index (Phi) is 7.36.